The molecule has 0 spiro atoms. The summed E-state index contributed by atoms with van der Waals surface area (Å²) in [5.74, 6) is 0. The van der Waals surface area contributed by atoms with Crippen molar-refractivity contribution in [1.29, 1.82) is 0 Å². The predicted octanol–water partition coefficient (Wildman–Crippen LogP) is 0.912. The van der Waals surface area contributed by atoms with E-state index >= 15 is 0 Å². The number of fused-ring (bicyclic) bond motifs is 1. The fourth-order valence-corrected chi connectivity index (χ4v) is 3.00. The molecule has 1 atom stereocenters. The van der Waals surface area contributed by atoms with Gasteiger partial charge in [0.05, 0.1) is 18.2 Å². The minimum atomic E-state index is -3.53. The molecule has 5 nitrogen and oxygen atoms in total. The lowest BCUT2D eigenvalue weighted by atomic mass is 10.2. The van der Waals surface area contributed by atoms with Crippen LogP contribution in [0.1, 0.15) is 0 Å². The zero-order valence-corrected chi connectivity index (χ0v) is 10.4. The van der Waals surface area contributed by atoms with Gasteiger partial charge in [-0.1, -0.05) is 18.2 Å². The van der Waals surface area contributed by atoms with Crippen molar-refractivity contribution in [2.24, 2.45) is 0 Å². The molecule has 0 aliphatic carbocycles. The summed E-state index contributed by atoms with van der Waals surface area (Å²) in [6, 6.07) is 8.73. The molecule has 2 heterocycles. The highest BCUT2D eigenvalue weighted by Crippen LogP contribution is 2.20. The number of nitrogens with zero attached hydrogens (tertiary/aromatic N) is 1. The molecule has 1 aliphatic rings. The van der Waals surface area contributed by atoms with Gasteiger partial charge in [0, 0.05) is 18.1 Å². The number of aromatic nitrogens is 1. The fraction of sp³-hybridized carbons (Fsp3) is 0.250. The molecule has 1 N–H and O–H groups in total. The average Bonchev–Trinajstić information content (AvgIpc) is 3.20. The Kier molecular flexibility index (Phi) is 2.77. The van der Waals surface area contributed by atoms with Crippen LogP contribution in [0.3, 0.4) is 0 Å². The van der Waals surface area contributed by atoms with Crippen LogP contribution in [0.4, 0.5) is 0 Å². The molecule has 18 heavy (non-hydrogen) atoms. The molecule has 1 aliphatic heterocycles. The lowest BCUT2D eigenvalue weighted by molar-refractivity contribution is 0.406. The van der Waals surface area contributed by atoms with Crippen LogP contribution in [0.5, 0.6) is 0 Å². The first kappa shape index (κ1) is 11.6. The number of hydrogen-bond acceptors (Lipinski definition) is 4. The van der Waals surface area contributed by atoms with Gasteiger partial charge in [0.1, 0.15) is 4.90 Å². The van der Waals surface area contributed by atoms with E-state index in [1.54, 1.807) is 24.4 Å². The molecule has 0 bridgehead atoms. The number of ether oxygens (including phenoxy) is 1. The van der Waals surface area contributed by atoms with E-state index in [2.05, 4.69) is 9.71 Å². The van der Waals surface area contributed by atoms with Gasteiger partial charge in [0.2, 0.25) is 10.0 Å². The summed E-state index contributed by atoms with van der Waals surface area (Å²) in [6.07, 6.45) is 1.61. The molecule has 0 unspecified atom stereocenters. The standard InChI is InChI=1S/C12H12N2O3S/c15-18(16,14-7-10-8-17-10)11-5-1-3-9-4-2-6-13-12(9)11/h1-6,10,14H,7-8H2/t10-/m0/s1. The lowest BCUT2D eigenvalue weighted by Gasteiger charge is -2.07. The van der Waals surface area contributed by atoms with Gasteiger partial charge in [-0.05, 0) is 12.1 Å². The average molecular weight is 264 g/mol. The number of pyridine rings is 1. The lowest BCUT2D eigenvalue weighted by Crippen LogP contribution is -2.27. The Morgan fingerprint density at radius 1 is 1.33 bits per heavy atom. The van der Waals surface area contributed by atoms with E-state index in [-0.39, 0.29) is 11.0 Å². The first-order valence-corrected chi connectivity index (χ1v) is 7.10. The van der Waals surface area contributed by atoms with Crippen LogP contribution in [0, 0.1) is 0 Å². The van der Waals surface area contributed by atoms with E-state index in [1.807, 2.05) is 12.1 Å². The van der Waals surface area contributed by atoms with Crippen molar-refractivity contribution < 1.29 is 13.2 Å². The predicted molar refractivity (Wildman–Crippen MR) is 66.7 cm³/mol. The molecule has 1 fully saturated rings. The number of benzene rings is 1. The zero-order chi connectivity index (χ0) is 12.6. The first-order valence-electron chi connectivity index (χ1n) is 5.62. The van der Waals surface area contributed by atoms with Crippen LogP contribution < -0.4 is 4.72 Å². The minimum Gasteiger partial charge on any atom is -0.372 e. The van der Waals surface area contributed by atoms with E-state index in [0.29, 0.717) is 18.7 Å². The third-order valence-electron chi connectivity index (χ3n) is 2.79. The van der Waals surface area contributed by atoms with Gasteiger partial charge >= 0.3 is 0 Å². The van der Waals surface area contributed by atoms with Gasteiger partial charge in [-0.3, -0.25) is 4.98 Å². The summed E-state index contributed by atoms with van der Waals surface area (Å²) in [4.78, 5) is 4.35. The Morgan fingerprint density at radius 2 is 2.11 bits per heavy atom. The summed E-state index contributed by atoms with van der Waals surface area (Å²) in [7, 11) is -3.53. The molecule has 6 heteroatoms. The Morgan fingerprint density at radius 3 is 2.89 bits per heavy atom. The van der Waals surface area contributed by atoms with Crippen molar-refractivity contribution in [3.8, 4) is 0 Å². The molecule has 0 amide bonds. The van der Waals surface area contributed by atoms with Crippen LogP contribution in [0.25, 0.3) is 10.9 Å². The van der Waals surface area contributed by atoms with E-state index in [4.69, 9.17) is 4.74 Å². The first-order chi connectivity index (χ1) is 8.67. The van der Waals surface area contributed by atoms with Gasteiger partial charge in [-0.2, -0.15) is 0 Å². The Hall–Kier alpha value is -1.50. The van der Waals surface area contributed by atoms with Gasteiger partial charge in [-0.25, -0.2) is 13.1 Å². The minimum absolute atomic E-state index is 0.0164. The maximum absolute atomic E-state index is 12.2. The van der Waals surface area contributed by atoms with Gasteiger partial charge in [0.15, 0.2) is 0 Å². The third kappa shape index (κ3) is 2.22. The summed E-state index contributed by atoms with van der Waals surface area (Å²) >= 11 is 0. The normalized spacial score (nSPS) is 19.0. The largest absolute Gasteiger partial charge is 0.372 e. The molecule has 0 radical (unpaired) electrons. The zero-order valence-electron chi connectivity index (χ0n) is 9.54. The quantitative estimate of drug-likeness (QED) is 0.833. The van der Waals surface area contributed by atoms with Crippen LogP contribution in [0.15, 0.2) is 41.4 Å². The second-order valence-corrected chi connectivity index (χ2v) is 5.87. The van der Waals surface area contributed by atoms with E-state index in [9.17, 15) is 8.42 Å². The second kappa shape index (κ2) is 4.31. The third-order valence-corrected chi connectivity index (χ3v) is 4.24. The van der Waals surface area contributed by atoms with Gasteiger partial charge < -0.3 is 4.74 Å². The molecule has 94 valence electrons. The number of epoxide rings is 1. The number of rotatable bonds is 4. The number of hydrogen-bond donors (Lipinski definition) is 1. The van der Waals surface area contributed by atoms with Crippen LogP contribution in [-0.4, -0.2) is 32.7 Å². The SMILES string of the molecule is O=S(=O)(NC[C@H]1CO1)c1cccc2cccnc12. The van der Waals surface area contributed by atoms with Crippen LogP contribution >= 0.6 is 0 Å². The van der Waals surface area contributed by atoms with Crippen LogP contribution in [-0.2, 0) is 14.8 Å². The van der Waals surface area contributed by atoms with Crippen LogP contribution in [0.2, 0.25) is 0 Å². The summed E-state index contributed by atoms with van der Waals surface area (Å²) in [5, 5.41) is 0.808. The molecular formula is C12H12N2O3S. The highest BCUT2D eigenvalue weighted by Gasteiger charge is 2.26. The van der Waals surface area contributed by atoms with Gasteiger partial charge in [0.25, 0.3) is 0 Å². The molecule has 1 saturated heterocycles. The summed E-state index contributed by atoms with van der Waals surface area (Å²) in [6.45, 7) is 0.932. The van der Waals surface area contributed by atoms with E-state index < -0.39 is 10.0 Å². The highest BCUT2D eigenvalue weighted by atomic mass is 32.2. The Labute approximate surface area is 105 Å². The summed E-state index contributed by atoms with van der Waals surface area (Å²) in [5.41, 5.74) is 0.490. The van der Waals surface area contributed by atoms with Crippen molar-refractivity contribution in [3.63, 3.8) is 0 Å². The highest BCUT2D eigenvalue weighted by molar-refractivity contribution is 7.89. The van der Waals surface area contributed by atoms with E-state index in [0.717, 1.165) is 5.39 Å². The molecule has 1 aromatic heterocycles. The van der Waals surface area contributed by atoms with E-state index in [1.165, 1.54) is 0 Å². The second-order valence-electron chi connectivity index (χ2n) is 4.14. The van der Waals surface area contributed by atoms with Crippen molar-refractivity contribution in [2.45, 2.75) is 11.0 Å². The number of para-hydroxylation sites is 1. The van der Waals surface area contributed by atoms with Crippen molar-refractivity contribution in [1.82, 2.24) is 9.71 Å². The monoisotopic (exact) mass is 264 g/mol. The smallest absolute Gasteiger partial charge is 0.242 e. The number of nitrogens with one attached hydrogen (secondary N) is 1. The van der Waals surface area contributed by atoms with Crippen molar-refractivity contribution >= 4 is 20.9 Å². The maximum Gasteiger partial charge on any atom is 0.242 e. The number of sulfonamides is 1. The van der Waals surface area contributed by atoms with Crippen molar-refractivity contribution in [2.75, 3.05) is 13.2 Å². The molecule has 1 aromatic carbocycles. The molecule has 3 rings (SSSR count). The Balaban J connectivity index is 2.01. The fourth-order valence-electron chi connectivity index (χ4n) is 1.76. The van der Waals surface area contributed by atoms with Gasteiger partial charge in [-0.15, -0.1) is 0 Å². The Bertz CT molecular complexity index is 675. The maximum atomic E-state index is 12.2. The molecule has 2 aromatic rings. The topological polar surface area (TPSA) is 71.6 Å². The summed E-state index contributed by atoms with van der Waals surface area (Å²) < 4.78 is 31.9. The van der Waals surface area contributed by atoms with Crippen molar-refractivity contribution in [3.05, 3.63) is 36.5 Å². The molecular weight excluding hydrogens is 252 g/mol. The molecule has 0 saturated carbocycles.